The van der Waals surface area contributed by atoms with Gasteiger partial charge in [-0.1, -0.05) is 12.1 Å². The summed E-state index contributed by atoms with van der Waals surface area (Å²) in [6.45, 7) is 0. The number of hydrogen-bond donors (Lipinski definition) is 3. The maximum absolute atomic E-state index is 12.4. The van der Waals surface area contributed by atoms with Crippen molar-refractivity contribution >= 4 is 52.3 Å². The van der Waals surface area contributed by atoms with Crippen molar-refractivity contribution in [2.75, 3.05) is 0 Å². The molecule has 7 aromatic rings. The summed E-state index contributed by atoms with van der Waals surface area (Å²) in [5.74, 6) is -0.490. The SMILES string of the molecule is C[n+]1ccc(-c2c3nc(c(-c4cc[n+](C)cc4)c4ccc([nH]4)c(-c4cccc(C(N)=O)c4)c4nc(c(-c5cc[n+](C)cc5)c5ccc2[nH]5)C=C4)C=C3)cc1.[Cl-].[Cl-].[Cl-]. The van der Waals surface area contributed by atoms with Crippen LogP contribution >= 0.6 is 0 Å². The number of aryl methyl sites for hydroxylation is 3. The number of aromatic amines is 2. The molecule has 57 heavy (non-hydrogen) atoms. The van der Waals surface area contributed by atoms with Crippen LogP contribution in [0.1, 0.15) is 33.1 Å². The maximum atomic E-state index is 12.4. The lowest BCUT2D eigenvalue weighted by Crippen LogP contribution is -3.00. The Kier molecular flexibility index (Phi) is 11.6. The molecule has 0 aliphatic carbocycles. The molecule has 8 heterocycles. The Hall–Kier alpha value is -6.39. The Balaban J connectivity index is 0.00000183. The number of aromatic nitrogens is 7. The summed E-state index contributed by atoms with van der Waals surface area (Å²) in [7, 11) is 6.03. The summed E-state index contributed by atoms with van der Waals surface area (Å²) < 4.78 is 6.07. The molecule has 9 rings (SSSR count). The highest BCUT2D eigenvalue weighted by Crippen LogP contribution is 2.38. The minimum atomic E-state index is -0.490. The van der Waals surface area contributed by atoms with Gasteiger partial charge in [-0.25, -0.2) is 23.7 Å². The first kappa shape index (κ1) is 40.3. The first-order valence-corrected chi connectivity index (χ1v) is 17.7. The van der Waals surface area contributed by atoms with E-state index in [9.17, 15) is 4.79 Å². The van der Waals surface area contributed by atoms with Gasteiger partial charge in [0.25, 0.3) is 0 Å². The smallest absolute Gasteiger partial charge is 0.248 e. The number of nitrogens with zero attached hydrogens (tertiary/aromatic N) is 5. The molecule has 0 fully saturated rings. The second-order valence-electron chi connectivity index (χ2n) is 13.7. The topological polar surface area (TPSA) is 112 Å². The Morgan fingerprint density at radius 2 is 0.789 bits per heavy atom. The van der Waals surface area contributed by atoms with E-state index < -0.39 is 5.91 Å². The molecule has 284 valence electrons. The molecule has 0 radical (unpaired) electrons. The van der Waals surface area contributed by atoms with Gasteiger partial charge >= 0.3 is 0 Å². The van der Waals surface area contributed by atoms with Crippen molar-refractivity contribution in [1.29, 1.82) is 0 Å². The highest BCUT2D eigenvalue weighted by molar-refractivity contribution is 6.00. The monoisotopic (exact) mass is 810 g/mol. The van der Waals surface area contributed by atoms with Crippen molar-refractivity contribution in [3.05, 3.63) is 150 Å². The molecule has 0 saturated heterocycles. The van der Waals surface area contributed by atoms with E-state index in [2.05, 4.69) is 101 Å². The Morgan fingerprint density at radius 3 is 1.11 bits per heavy atom. The second kappa shape index (κ2) is 16.4. The summed E-state index contributed by atoms with van der Waals surface area (Å²) in [6, 6.07) is 28.5. The van der Waals surface area contributed by atoms with Gasteiger partial charge in [0.05, 0.1) is 22.8 Å². The number of pyridine rings is 3. The quantitative estimate of drug-likeness (QED) is 0.174. The largest absolute Gasteiger partial charge is 1.00 e. The summed E-state index contributed by atoms with van der Waals surface area (Å²) >= 11 is 0. The number of hydrogen-bond acceptors (Lipinski definition) is 3. The predicted octanol–water partition coefficient (Wildman–Crippen LogP) is -2.09. The molecular formula is C45H37Cl3N8O. The van der Waals surface area contributed by atoms with Crippen LogP contribution in [0.3, 0.4) is 0 Å². The molecule has 0 spiro atoms. The fraction of sp³-hybridized carbons (Fsp3) is 0.0667. The molecule has 1 aromatic carbocycles. The number of primary amides is 1. The summed E-state index contributed by atoms with van der Waals surface area (Å²) in [5, 5.41) is 0. The Morgan fingerprint density at radius 1 is 0.474 bits per heavy atom. The zero-order valence-electron chi connectivity index (χ0n) is 31.2. The van der Waals surface area contributed by atoms with Crippen LogP contribution in [0.2, 0.25) is 0 Å². The molecule has 0 unspecified atom stereocenters. The molecule has 0 saturated carbocycles. The van der Waals surface area contributed by atoms with Gasteiger partial charge in [-0.15, -0.1) is 0 Å². The normalized spacial score (nSPS) is 11.4. The van der Waals surface area contributed by atoms with E-state index in [1.54, 1.807) is 6.07 Å². The Labute approximate surface area is 348 Å². The standard InChI is InChI=1S/C45H35N8O.3ClH/c1-51-21-15-28(16-22-51)41-33-7-9-35(47-33)42(29-17-23-52(2)24-18-29)37-11-13-39(49-37)44(31-5-4-6-32(27-31)45(46)54)40-14-12-38(50-40)43(36-10-8-34(41)48-36)30-19-25-53(3)26-20-30;;;/h4-27H,1-3H3,(H2-,46,47,48,49,50,54);3*1H/q+1;;;/p-1. The van der Waals surface area contributed by atoms with Crippen LogP contribution in [-0.4, -0.2) is 25.8 Å². The van der Waals surface area contributed by atoms with Crippen LogP contribution in [0.15, 0.2) is 122 Å². The average Bonchev–Trinajstić information content (AvgIpc) is 4.02. The van der Waals surface area contributed by atoms with Gasteiger partial charge in [-0.3, -0.25) is 4.79 Å². The number of nitrogens with one attached hydrogen (secondary N) is 2. The summed E-state index contributed by atoms with van der Waals surface area (Å²) in [4.78, 5) is 30.6. The van der Waals surface area contributed by atoms with Crippen LogP contribution in [-0.2, 0) is 21.1 Å². The third-order valence-corrected chi connectivity index (χ3v) is 9.99. The van der Waals surface area contributed by atoms with Gasteiger partial charge in [0.15, 0.2) is 37.2 Å². The van der Waals surface area contributed by atoms with Gasteiger partial charge in [-0.2, -0.15) is 0 Å². The molecule has 6 aromatic heterocycles. The van der Waals surface area contributed by atoms with Gasteiger partial charge in [-0.05, 0) is 83.0 Å². The van der Waals surface area contributed by atoms with Gasteiger partial charge in [0, 0.05) is 86.3 Å². The Bertz CT molecular complexity index is 2830. The minimum Gasteiger partial charge on any atom is -1.00 e. The van der Waals surface area contributed by atoms with E-state index in [0.29, 0.717) is 5.56 Å². The number of halogens is 3. The number of benzene rings is 1. The molecule has 2 aliphatic rings. The van der Waals surface area contributed by atoms with E-state index in [0.717, 1.165) is 89.4 Å². The lowest BCUT2D eigenvalue weighted by molar-refractivity contribution is -0.671. The minimum absolute atomic E-state index is 0. The average molecular weight is 812 g/mol. The highest BCUT2D eigenvalue weighted by Gasteiger charge is 2.20. The van der Waals surface area contributed by atoms with Gasteiger partial charge in [0.1, 0.15) is 21.1 Å². The van der Waals surface area contributed by atoms with Crippen molar-refractivity contribution in [3.8, 4) is 44.5 Å². The summed E-state index contributed by atoms with van der Waals surface area (Å²) in [6.07, 6.45) is 20.6. The van der Waals surface area contributed by atoms with Crippen LogP contribution < -0.4 is 56.7 Å². The zero-order valence-corrected chi connectivity index (χ0v) is 33.5. The fourth-order valence-corrected chi connectivity index (χ4v) is 7.25. The van der Waals surface area contributed by atoms with Crippen molar-refractivity contribution in [3.63, 3.8) is 0 Å². The van der Waals surface area contributed by atoms with Crippen LogP contribution in [0, 0.1) is 0 Å². The first-order chi connectivity index (χ1) is 26.3. The number of fused-ring (bicyclic) bond motifs is 8. The summed E-state index contributed by atoms with van der Waals surface area (Å²) in [5.41, 5.74) is 20.7. The fourth-order valence-electron chi connectivity index (χ4n) is 7.25. The zero-order chi connectivity index (χ0) is 36.9. The van der Waals surface area contributed by atoms with Crippen molar-refractivity contribution < 1.29 is 55.7 Å². The van der Waals surface area contributed by atoms with E-state index >= 15 is 0 Å². The van der Waals surface area contributed by atoms with Crippen molar-refractivity contribution in [2.24, 2.45) is 26.9 Å². The predicted molar refractivity (Wildman–Crippen MR) is 213 cm³/mol. The molecule has 8 bridgehead atoms. The number of rotatable bonds is 5. The lowest BCUT2D eigenvalue weighted by Gasteiger charge is -2.07. The van der Waals surface area contributed by atoms with Crippen molar-refractivity contribution in [2.45, 2.75) is 0 Å². The molecule has 12 heteroatoms. The van der Waals surface area contributed by atoms with Crippen LogP contribution in [0.5, 0.6) is 0 Å². The van der Waals surface area contributed by atoms with Crippen molar-refractivity contribution in [1.82, 2.24) is 19.9 Å². The number of carbonyl (C=O) groups excluding carboxylic acids is 1. The number of amides is 1. The van der Waals surface area contributed by atoms with Crippen LogP contribution in [0.25, 0.3) is 90.9 Å². The third-order valence-electron chi connectivity index (χ3n) is 9.99. The lowest BCUT2D eigenvalue weighted by atomic mass is 10.0. The second-order valence-corrected chi connectivity index (χ2v) is 13.7. The van der Waals surface area contributed by atoms with Gasteiger partial charge in [0.2, 0.25) is 5.91 Å². The highest BCUT2D eigenvalue weighted by atomic mass is 35.5. The molecule has 4 N–H and O–H groups in total. The molecular weight excluding hydrogens is 775 g/mol. The third kappa shape index (κ3) is 7.60. The van der Waals surface area contributed by atoms with E-state index in [-0.39, 0.29) is 37.2 Å². The van der Waals surface area contributed by atoms with Crippen LogP contribution in [0.4, 0.5) is 0 Å². The molecule has 2 aliphatic heterocycles. The van der Waals surface area contributed by atoms with E-state index in [1.807, 2.05) is 83.9 Å². The van der Waals surface area contributed by atoms with Gasteiger partial charge < -0.3 is 52.9 Å². The first-order valence-electron chi connectivity index (χ1n) is 17.7. The number of H-pyrrole nitrogens is 2. The number of carbonyl (C=O) groups is 1. The number of nitrogens with two attached hydrogens (primary N) is 1. The molecule has 0 atom stereocenters. The maximum Gasteiger partial charge on any atom is 0.248 e. The van der Waals surface area contributed by atoms with E-state index in [4.69, 9.17) is 15.7 Å². The molecule has 9 nitrogen and oxygen atoms in total. The van der Waals surface area contributed by atoms with E-state index in [1.165, 1.54) is 0 Å². The molecule has 1 amide bonds.